The zero-order valence-electron chi connectivity index (χ0n) is 14.1. The third-order valence-electron chi connectivity index (χ3n) is 4.51. The Morgan fingerprint density at radius 2 is 1.96 bits per heavy atom. The average Bonchev–Trinajstić information content (AvgIpc) is 3.08. The molecule has 1 aliphatic rings. The number of likely N-dealkylation sites (tertiary alicyclic amines) is 1. The van der Waals surface area contributed by atoms with Crippen LogP contribution in [0.25, 0.3) is 10.2 Å². The molecule has 1 aromatic heterocycles. The summed E-state index contributed by atoms with van der Waals surface area (Å²) in [6.07, 6.45) is 1.54. The smallest absolute Gasteiger partial charge is 0.274 e. The van der Waals surface area contributed by atoms with Gasteiger partial charge in [0.05, 0.1) is 20.3 Å². The zero-order chi connectivity index (χ0) is 19.0. The molecule has 0 N–H and O–H groups in total. The van der Waals surface area contributed by atoms with Crippen molar-refractivity contribution in [3.8, 4) is 5.19 Å². The fourth-order valence-electron chi connectivity index (χ4n) is 3.10. The summed E-state index contributed by atoms with van der Waals surface area (Å²) >= 11 is 17.2. The van der Waals surface area contributed by atoms with Crippen molar-refractivity contribution in [2.75, 3.05) is 13.1 Å². The summed E-state index contributed by atoms with van der Waals surface area (Å²) < 4.78 is 7.89. The number of para-hydroxylation sites is 1. The van der Waals surface area contributed by atoms with Gasteiger partial charge in [-0.25, -0.2) is 4.98 Å². The maximum absolute atomic E-state index is 12.7. The first kappa shape index (κ1) is 19.0. The second kappa shape index (κ2) is 7.95. The lowest BCUT2D eigenvalue weighted by Crippen LogP contribution is -2.41. The van der Waals surface area contributed by atoms with Crippen molar-refractivity contribution in [3.05, 3.63) is 56.5 Å². The van der Waals surface area contributed by atoms with Gasteiger partial charge in [-0.1, -0.05) is 56.5 Å². The van der Waals surface area contributed by atoms with Crippen LogP contribution >= 0.6 is 50.5 Å². The van der Waals surface area contributed by atoms with Gasteiger partial charge in [0.15, 0.2) is 0 Å². The van der Waals surface area contributed by atoms with Gasteiger partial charge in [0.25, 0.3) is 11.1 Å². The van der Waals surface area contributed by atoms with Crippen LogP contribution in [0.15, 0.2) is 40.9 Å². The summed E-state index contributed by atoms with van der Waals surface area (Å²) in [4.78, 5) is 19.1. The molecule has 2 aromatic carbocycles. The monoisotopic (exact) mass is 484 g/mol. The highest BCUT2D eigenvalue weighted by molar-refractivity contribution is 9.10. The van der Waals surface area contributed by atoms with Crippen molar-refractivity contribution in [3.63, 3.8) is 0 Å². The minimum absolute atomic E-state index is 0.0337. The molecule has 27 heavy (non-hydrogen) atoms. The first-order valence-electron chi connectivity index (χ1n) is 8.47. The topological polar surface area (TPSA) is 42.4 Å². The van der Waals surface area contributed by atoms with E-state index in [1.165, 1.54) is 11.3 Å². The zero-order valence-corrected chi connectivity index (χ0v) is 18.0. The number of nitrogens with zero attached hydrogens (tertiary/aromatic N) is 2. The van der Waals surface area contributed by atoms with E-state index in [1.807, 2.05) is 29.2 Å². The number of carbonyl (C=O) groups excluding carboxylic acids is 1. The van der Waals surface area contributed by atoms with E-state index >= 15 is 0 Å². The Morgan fingerprint density at radius 3 is 2.70 bits per heavy atom. The number of thiazole rings is 1. The van der Waals surface area contributed by atoms with Crippen molar-refractivity contribution >= 4 is 66.6 Å². The average molecular weight is 486 g/mol. The van der Waals surface area contributed by atoms with Gasteiger partial charge < -0.3 is 9.64 Å². The fraction of sp³-hybridized carbons (Fsp3) is 0.263. The van der Waals surface area contributed by atoms with E-state index in [4.69, 9.17) is 27.9 Å². The molecule has 0 bridgehead atoms. The predicted molar refractivity (Wildman–Crippen MR) is 113 cm³/mol. The van der Waals surface area contributed by atoms with Crippen LogP contribution < -0.4 is 4.74 Å². The molecule has 8 heteroatoms. The van der Waals surface area contributed by atoms with Crippen LogP contribution in [-0.2, 0) is 0 Å². The normalized spacial score (nSPS) is 15.3. The number of benzene rings is 2. The van der Waals surface area contributed by atoms with E-state index < -0.39 is 0 Å². The highest BCUT2D eigenvalue weighted by atomic mass is 79.9. The van der Waals surface area contributed by atoms with Crippen LogP contribution in [-0.4, -0.2) is 35.0 Å². The van der Waals surface area contributed by atoms with E-state index in [1.54, 1.807) is 12.1 Å². The third-order valence-corrected chi connectivity index (χ3v) is 6.54. The van der Waals surface area contributed by atoms with Crippen LogP contribution in [0.2, 0.25) is 10.0 Å². The molecule has 1 saturated heterocycles. The van der Waals surface area contributed by atoms with Crippen molar-refractivity contribution in [2.24, 2.45) is 0 Å². The molecule has 2 heterocycles. The van der Waals surface area contributed by atoms with E-state index in [2.05, 4.69) is 20.9 Å². The summed E-state index contributed by atoms with van der Waals surface area (Å²) in [5, 5.41) is 1.72. The number of hydrogen-bond acceptors (Lipinski definition) is 4. The van der Waals surface area contributed by atoms with Crippen LogP contribution in [0.4, 0.5) is 0 Å². The third kappa shape index (κ3) is 4.09. The number of piperidine rings is 1. The molecular weight excluding hydrogens is 471 g/mol. The van der Waals surface area contributed by atoms with Crippen LogP contribution in [0.5, 0.6) is 5.19 Å². The van der Waals surface area contributed by atoms with Crippen LogP contribution in [0.1, 0.15) is 23.2 Å². The Morgan fingerprint density at radius 1 is 1.19 bits per heavy atom. The van der Waals surface area contributed by atoms with E-state index in [9.17, 15) is 4.79 Å². The second-order valence-corrected chi connectivity index (χ2v) is 9.02. The first-order valence-corrected chi connectivity index (χ1v) is 10.8. The highest BCUT2D eigenvalue weighted by Gasteiger charge is 2.26. The Kier molecular flexibility index (Phi) is 5.60. The lowest BCUT2D eigenvalue weighted by atomic mass is 10.1. The number of aromatic nitrogens is 1. The van der Waals surface area contributed by atoms with E-state index in [-0.39, 0.29) is 12.0 Å². The first-order chi connectivity index (χ1) is 13.0. The Hall–Kier alpha value is -1.34. The Bertz CT molecular complexity index is 1000. The van der Waals surface area contributed by atoms with E-state index in [0.29, 0.717) is 33.9 Å². The lowest BCUT2D eigenvalue weighted by Gasteiger charge is -2.31. The van der Waals surface area contributed by atoms with Gasteiger partial charge in [-0.15, -0.1) is 0 Å². The molecule has 3 aromatic rings. The highest BCUT2D eigenvalue weighted by Crippen LogP contribution is 2.33. The van der Waals surface area contributed by atoms with Gasteiger partial charge in [-0.05, 0) is 30.3 Å². The van der Waals surface area contributed by atoms with E-state index in [0.717, 1.165) is 27.5 Å². The fourth-order valence-corrected chi connectivity index (χ4v) is 4.84. The maximum Gasteiger partial charge on any atom is 0.274 e. The molecule has 0 unspecified atom stereocenters. The number of amides is 1. The number of carbonyl (C=O) groups is 1. The molecule has 4 rings (SSSR count). The van der Waals surface area contributed by atoms with Crippen molar-refractivity contribution < 1.29 is 9.53 Å². The maximum atomic E-state index is 12.7. The van der Waals surface area contributed by atoms with Gasteiger partial charge in [0, 0.05) is 30.4 Å². The molecule has 0 atom stereocenters. The van der Waals surface area contributed by atoms with Gasteiger partial charge >= 0.3 is 0 Å². The van der Waals surface area contributed by atoms with Crippen molar-refractivity contribution in [1.29, 1.82) is 0 Å². The number of fused-ring (bicyclic) bond motifs is 1. The van der Waals surface area contributed by atoms with Crippen molar-refractivity contribution in [2.45, 2.75) is 18.9 Å². The molecule has 0 radical (unpaired) electrons. The van der Waals surface area contributed by atoms with Crippen molar-refractivity contribution in [1.82, 2.24) is 9.88 Å². The largest absolute Gasteiger partial charge is 0.467 e. The molecule has 0 spiro atoms. The summed E-state index contributed by atoms with van der Waals surface area (Å²) in [7, 11) is 0. The summed E-state index contributed by atoms with van der Waals surface area (Å²) in [5.41, 5.74) is 1.29. The molecule has 1 aliphatic heterocycles. The minimum atomic E-state index is -0.0495. The predicted octanol–water partition coefficient (Wildman–Crippen LogP) is 6.05. The standard InChI is InChI=1S/C19H15BrCl2N2O2S/c20-11-4-5-14(21)13(10-11)18(25)24-8-6-12(7-9-24)26-19-23-17-15(22)2-1-3-16(17)27-19/h1-5,10,12H,6-9H2. The van der Waals surface area contributed by atoms with Gasteiger partial charge in [0.1, 0.15) is 11.6 Å². The molecule has 140 valence electrons. The Labute approximate surface area is 179 Å². The molecule has 1 amide bonds. The summed E-state index contributed by atoms with van der Waals surface area (Å²) in [5.74, 6) is -0.0495. The second-order valence-electron chi connectivity index (χ2n) is 6.30. The quantitative estimate of drug-likeness (QED) is 0.453. The molecule has 1 fully saturated rings. The molecule has 4 nitrogen and oxygen atoms in total. The summed E-state index contributed by atoms with van der Waals surface area (Å²) in [6, 6.07) is 11.0. The number of ether oxygens (including phenoxy) is 1. The number of halogens is 3. The van der Waals surface area contributed by atoms with Gasteiger partial charge in [0.2, 0.25) is 0 Å². The SMILES string of the molecule is O=C(c1cc(Br)ccc1Cl)N1CCC(Oc2nc3c(Cl)cccc3s2)CC1. The van der Waals surface area contributed by atoms with Gasteiger partial charge in [-0.3, -0.25) is 4.79 Å². The van der Waals surface area contributed by atoms with Gasteiger partial charge in [-0.2, -0.15) is 0 Å². The molecule has 0 saturated carbocycles. The minimum Gasteiger partial charge on any atom is -0.467 e. The van der Waals surface area contributed by atoms with Crippen LogP contribution in [0, 0.1) is 0 Å². The lowest BCUT2D eigenvalue weighted by molar-refractivity contribution is 0.0595. The molecule has 0 aliphatic carbocycles. The Balaban J connectivity index is 1.40. The number of hydrogen-bond donors (Lipinski definition) is 0. The van der Waals surface area contributed by atoms with Crippen LogP contribution in [0.3, 0.4) is 0 Å². The summed E-state index contributed by atoms with van der Waals surface area (Å²) in [6.45, 7) is 1.25. The molecular formula is C19H15BrCl2N2O2S. The number of rotatable bonds is 3.